The summed E-state index contributed by atoms with van der Waals surface area (Å²) in [7, 11) is 1.79. The van der Waals surface area contributed by atoms with E-state index in [-0.39, 0.29) is 5.69 Å². The van der Waals surface area contributed by atoms with Gasteiger partial charge in [0.25, 0.3) is 0 Å². The normalized spacial score (nSPS) is 10.4. The smallest absolute Gasteiger partial charge is 0.356 e. The van der Waals surface area contributed by atoms with E-state index in [1.807, 2.05) is 0 Å². The van der Waals surface area contributed by atoms with Gasteiger partial charge >= 0.3 is 5.97 Å². The summed E-state index contributed by atoms with van der Waals surface area (Å²) in [5, 5.41) is 18.9. The van der Waals surface area contributed by atoms with Gasteiger partial charge in [-0.2, -0.15) is 10.2 Å². The summed E-state index contributed by atoms with van der Waals surface area (Å²) in [6.45, 7) is 0. The lowest BCUT2D eigenvalue weighted by molar-refractivity contribution is 0.0690. The molecule has 6 nitrogen and oxygen atoms in total. The third-order valence-electron chi connectivity index (χ3n) is 1.81. The molecule has 0 aromatic carbocycles. The van der Waals surface area contributed by atoms with Gasteiger partial charge in [-0.05, 0) is 6.07 Å². The molecule has 0 fully saturated rings. The molecule has 0 saturated carbocycles. The van der Waals surface area contributed by atoms with Crippen molar-refractivity contribution in [3.05, 3.63) is 24.2 Å². The number of H-pyrrole nitrogens is 1. The number of rotatable bonds is 2. The molecular formula is C8H8N4O2. The van der Waals surface area contributed by atoms with E-state index in [1.54, 1.807) is 24.1 Å². The van der Waals surface area contributed by atoms with Gasteiger partial charge in [0.05, 0.1) is 11.9 Å². The second kappa shape index (κ2) is 2.99. The van der Waals surface area contributed by atoms with Crippen LogP contribution in [0.2, 0.25) is 0 Å². The first-order chi connectivity index (χ1) is 6.66. The summed E-state index contributed by atoms with van der Waals surface area (Å²) in [6, 6.07) is 1.47. The Morgan fingerprint density at radius 3 is 2.93 bits per heavy atom. The molecule has 0 atom stereocenters. The number of nitrogens with one attached hydrogen (secondary N) is 1. The van der Waals surface area contributed by atoms with Crippen molar-refractivity contribution >= 4 is 5.97 Å². The highest BCUT2D eigenvalue weighted by Gasteiger charge is 2.09. The Hall–Kier alpha value is -2.11. The van der Waals surface area contributed by atoms with Gasteiger partial charge in [-0.3, -0.25) is 9.78 Å². The molecule has 6 heteroatoms. The fourth-order valence-electron chi connectivity index (χ4n) is 1.14. The van der Waals surface area contributed by atoms with Crippen molar-refractivity contribution in [3.63, 3.8) is 0 Å². The molecule has 0 aliphatic heterocycles. The second-order valence-electron chi connectivity index (χ2n) is 2.87. The lowest BCUT2D eigenvalue weighted by Gasteiger charge is -1.86. The zero-order chi connectivity index (χ0) is 10.1. The number of carboxylic acid groups (broad SMARTS) is 1. The molecule has 2 rings (SSSR count). The monoisotopic (exact) mass is 192 g/mol. The third-order valence-corrected chi connectivity index (χ3v) is 1.81. The molecule has 0 saturated heterocycles. The minimum absolute atomic E-state index is 0.00357. The first-order valence-corrected chi connectivity index (χ1v) is 3.94. The number of nitrogens with zero attached hydrogens (tertiary/aromatic N) is 3. The first-order valence-electron chi connectivity index (χ1n) is 3.94. The SMILES string of the molecule is Cn1cc(-c2cc(C(=O)O)n[nH]2)cn1. The van der Waals surface area contributed by atoms with Gasteiger partial charge in [0.1, 0.15) is 0 Å². The summed E-state index contributed by atoms with van der Waals surface area (Å²) in [5.74, 6) is -1.05. The summed E-state index contributed by atoms with van der Waals surface area (Å²) in [6.07, 6.45) is 3.41. The average molecular weight is 192 g/mol. The number of hydrogen-bond donors (Lipinski definition) is 2. The summed E-state index contributed by atoms with van der Waals surface area (Å²) >= 11 is 0. The van der Waals surface area contributed by atoms with Crippen molar-refractivity contribution in [2.45, 2.75) is 0 Å². The van der Waals surface area contributed by atoms with Gasteiger partial charge in [-0.25, -0.2) is 4.79 Å². The number of carbonyl (C=O) groups is 1. The van der Waals surface area contributed by atoms with E-state index in [1.165, 1.54) is 6.07 Å². The fourth-order valence-corrected chi connectivity index (χ4v) is 1.14. The molecule has 0 spiro atoms. The number of aromatic amines is 1. The van der Waals surface area contributed by atoms with E-state index in [2.05, 4.69) is 15.3 Å². The molecule has 2 aromatic heterocycles. The third kappa shape index (κ3) is 1.37. The molecule has 0 bridgehead atoms. The highest BCUT2D eigenvalue weighted by molar-refractivity contribution is 5.86. The van der Waals surface area contributed by atoms with Crippen LogP contribution in [0.25, 0.3) is 11.3 Å². The first kappa shape index (κ1) is 8.49. The number of aryl methyl sites for hydroxylation is 1. The van der Waals surface area contributed by atoms with Gasteiger partial charge < -0.3 is 5.11 Å². The van der Waals surface area contributed by atoms with Crippen LogP contribution in [0.4, 0.5) is 0 Å². The topological polar surface area (TPSA) is 83.8 Å². The van der Waals surface area contributed by atoms with Crippen molar-refractivity contribution in [1.82, 2.24) is 20.0 Å². The zero-order valence-electron chi connectivity index (χ0n) is 7.43. The molecule has 0 amide bonds. The molecular weight excluding hydrogens is 184 g/mol. The summed E-state index contributed by atoms with van der Waals surface area (Å²) < 4.78 is 1.64. The maximum atomic E-state index is 10.5. The van der Waals surface area contributed by atoms with E-state index < -0.39 is 5.97 Å². The van der Waals surface area contributed by atoms with Crippen molar-refractivity contribution in [1.29, 1.82) is 0 Å². The maximum absolute atomic E-state index is 10.5. The van der Waals surface area contributed by atoms with E-state index in [4.69, 9.17) is 5.11 Å². The minimum Gasteiger partial charge on any atom is -0.476 e. The van der Waals surface area contributed by atoms with Gasteiger partial charge in [-0.15, -0.1) is 0 Å². The van der Waals surface area contributed by atoms with Gasteiger partial charge in [0.15, 0.2) is 5.69 Å². The van der Waals surface area contributed by atoms with Crippen LogP contribution in [0.3, 0.4) is 0 Å². The highest BCUT2D eigenvalue weighted by atomic mass is 16.4. The zero-order valence-corrected chi connectivity index (χ0v) is 7.43. The molecule has 0 unspecified atom stereocenters. The van der Waals surface area contributed by atoms with Crippen molar-refractivity contribution < 1.29 is 9.90 Å². The second-order valence-corrected chi connectivity index (χ2v) is 2.87. The van der Waals surface area contributed by atoms with E-state index in [0.717, 1.165) is 5.56 Å². The quantitative estimate of drug-likeness (QED) is 0.726. The van der Waals surface area contributed by atoms with Crippen LogP contribution >= 0.6 is 0 Å². The summed E-state index contributed by atoms with van der Waals surface area (Å²) in [5.41, 5.74) is 1.46. The Balaban J connectivity index is 2.38. The van der Waals surface area contributed by atoms with E-state index >= 15 is 0 Å². The Bertz CT molecular complexity index is 471. The predicted octanol–water partition coefficient (Wildman–Crippen LogP) is 0.508. The van der Waals surface area contributed by atoms with Gasteiger partial charge in [0.2, 0.25) is 0 Å². The van der Waals surface area contributed by atoms with E-state index in [9.17, 15) is 4.79 Å². The van der Waals surface area contributed by atoms with Crippen LogP contribution in [-0.2, 0) is 7.05 Å². The van der Waals surface area contributed by atoms with Crippen molar-refractivity contribution in [2.24, 2.45) is 7.05 Å². The largest absolute Gasteiger partial charge is 0.476 e. The van der Waals surface area contributed by atoms with Crippen LogP contribution in [0.15, 0.2) is 18.5 Å². The molecule has 14 heavy (non-hydrogen) atoms. The van der Waals surface area contributed by atoms with Crippen LogP contribution in [0.1, 0.15) is 10.5 Å². The number of aromatic carboxylic acids is 1. The van der Waals surface area contributed by atoms with Crippen molar-refractivity contribution in [2.75, 3.05) is 0 Å². The average Bonchev–Trinajstić information content (AvgIpc) is 2.70. The maximum Gasteiger partial charge on any atom is 0.356 e. The minimum atomic E-state index is -1.05. The fraction of sp³-hybridized carbons (Fsp3) is 0.125. The predicted molar refractivity (Wildman–Crippen MR) is 47.7 cm³/mol. The molecule has 2 heterocycles. The van der Waals surface area contributed by atoms with E-state index in [0.29, 0.717) is 5.69 Å². The molecule has 72 valence electrons. The molecule has 0 aliphatic carbocycles. The number of carboxylic acids is 1. The Morgan fingerprint density at radius 1 is 1.64 bits per heavy atom. The lowest BCUT2D eigenvalue weighted by Crippen LogP contribution is -1.95. The van der Waals surface area contributed by atoms with Gasteiger partial charge in [0, 0.05) is 18.8 Å². The molecule has 2 aromatic rings. The Labute approximate surface area is 79.2 Å². The summed E-state index contributed by atoms with van der Waals surface area (Å²) in [4.78, 5) is 10.5. The van der Waals surface area contributed by atoms with Crippen LogP contribution in [0, 0.1) is 0 Å². The van der Waals surface area contributed by atoms with Crippen LogP contribution < -0.4 is 0 Å². The molecule has 0 aliphatic rings. The standard InChI is InChI=1S/C8H8N4O2/c1-12-4-5(3-9-12)6-2-7(8(13)14)11-10-6/h2-4H,1H3,(H,10,11)(H,13,14). The van der Waals surface area contributed by atoms with Crippen LogP contribution in [0.5, 0.6) is 0 Å². The van der Waals surface area contributed by atoms with Crippen LogP contribution in [-0.4, -0.2) is 31.1 Å². The molecule has 2 N–H and O–H groups in total. The highest BCUT2D eigenvalue weighted by Crippen LogP contribution is 2.15. The number of hydrogen-bond acceptors (Lipinski definition) is 3. The molecule has 0 radical (unpaired) electrons. The Morgan fingerprint density at radius 2 is 2.43 bits per heavy atom. The van der Waals surface area contributed by atoms with Crippen molar-refractivity contribution in [3.8, 4) is 11.3 Å². The lowest BCUT2D eigenvalue weighted by atomic mass is 10.2. The number of aromatic nitrogens is 4. The Kier molecular flexibility index (Phi) is 1.81. The van der Waals surface area contributed by atoms with Gasteiger partial charge in [-0.1, -0.05) is 0 Å².